The van der Waals surface area contributed by atoms with Crippen LogP contribution in [0, 0.1) is 13.8 Å². The topological polar surface area (TPSA) is 54.7 Å². The molecule has 0 fully saturated rings. The van der Waals surface area contributed by atoms with Crippen LogP contribution in [-0.2, 0) is 6.54 Å². The molecule has 1 aromatic carbocycles. The summed E-state index contributed by atoms with van der Waals surface area (Å²) < 4.78 is 0. The number of hydrogen-bond acceptors (Lipinski definition) is 2. The molecule has 3 N–H and O–H groups in total. The SMILES string of the molecule is Cc1ccccc1-c1c(CN)n[nH]c1C. The predicted molar refractivity (Wildman–Crippen MR) is 61.4 cm³/mol. The molecule has 0 saturated carbocycles. The number of H-pyrrole nitrogens is 1. The van der Waals surface area contributed by atoms with Crippen molar-refractivity contribution in [1.29, 1.82) is 0 Å². The van der Waals surface area contributed by atoms with Crippen molar-refractivity contribution in [2.24, 2.45) is 5.73 Å². The second-order valence-corrected chi connectivity index (χ2v) is 3.69. The molecule has 0 aliphatic carbocycles. The van der Waals surface area contributed by atoms with E-state index in [1.165, 1.54) is 11.1 Å². The predicted octanol–water partition coefficient (Wildman–Crippen LogP) is 2.15. The molecule has 0 aliphatic rings. The lowest BCUT2D eigenvalue weighted by Gasteiger charge is -2.06. The van der Waals surface area contributed by atoms with E-state index in [0.717, 1.165) is 17.0 Å². The summed E-state index contributed by atoms with van der Waals surface area (Å²) >= 11 is 0. The first-order chi connectivity index (χ1) is 7.24. The molecule has 1 aromatic heterocycles. The zero-order valence-electron chi connectivity index (χ0n) is 9.04. The molecule has 3 heteroatoms. The Kier molecular flexibility index (Phi) is 2.56. The summed E-state index contributed by atoms with van der Waals surface area (Å²) in [4.78, 5) is 0. The third-order valence-corrected chi connectivity index (χ3v) is 2.63. The number of nitrogens with zero attached hydrogens (tertiary/aromatic N) is 1. The average molecular weight is 201 g/mol. The highest BCUT2D eigenvalue weighted by Crippen LogP contribution is 2.28. The van der Waals surface area contributed by atoms with Crippen molar-refractivity contribution in [3.8, 4) is 11.1 Å². The van der Waals surface area contributed by atoms with Gasteiger partial charge in [0.1, 0.15) is 0 Å². The van der Waals surface area contributed by atoms with Gasteiger partial charge >= 0.3 is 0 Å². The van der Waals surface area contributed by atoms with Gasteiger partial charge in [-0.2, -0.15) is 5.10 Å². The normalized spacial score (nSPS) is 10.6. The molecule has 0 amide bonds. The Morgan fingerprint density at radius 1 is 1.27 bits per heavy atom. The Balaban J connectivity index is 2.63. The van der Waals surface area contributed by atoms with Gasteiger partial charge in [0.05, 0.1) is 5.69 Å². The van der Waals surface area contributed by atoms with E-state index in [0.29, 0.717) is 6.54 Å². The zero-order chi connectivity index (χ0) is 10.8. The number of benzene rings is 1. The van der Waals surface area contributed by atoms with E-state index >= 15 is 0 Å². The molecule has 15 heavy (non-hydrogen) atoms. The van der Waals surface area contributed by atoms with E-state index in [-0.39, 0.29) is 0 Å². The van der Waals surface area contributed by atoms with Crippen molar-refractivity contribution in [3.05, 3.63) is 41.2 Å². The summed E-state index contributed by atoms with van der Waals surface area (Å²) in [5.41, 5.74) is 11.3. The van der Waals surface area contributed by atoms with E-state index in [4.69, 9.17) is 5.73 Å². The fraction of sp³-hybridized carbons (Fsp3) is 0.250. The number of nitrogens with one attached hydrogen (secondary N) is 1. The molecular formula is C12H15N3. The molecule has 0 aliphatic heterocycles. The van der Waals surface area contributed by atoms with Crippen molar-refractivity contribution >= 4 is 0 Å². The van der Waals surface area contributed by atoms with E-state index in [1.807, 2.05) is 19.1 Å². The van der Waals surface area contributed by atoms with Crippen molar-refractivity contribution in [3.63, 3.8) is 0 Å². The van der Waals surface area contributed by atoms with Gasteiger partial charge in [0.2, 0.25) is 0 Å². The van der Waals surface area contributed by atoms with Gasteiger partial charge in [-0.05, 0) is 25.0 Å². The van der Waals surface area contributed by atoms with E-state index in [1.54, 1.807) is 0 Å². The molecule has 2 aromatic rings. The highest BCUT2D eigenvalue weighted by molar-refractivity contribution is 5.71. The smallest absolute Gasteiger partial charge is 0.0838 e. The second kappa shape index (κ2) is 3.87. The fourth-order valence-corrected chi connectivity index (χ4v) is 1.84. The van der Waals surface area contributed by atoms with Crippen LogP contribution in [0.15, 0.2) is 24.3 Å². The second-order valence-electron chi connectivity index (χ2n) is 3.69. The van der Waals surface area contributed by atoms with Gasteiger partial charge in [-0.15, -0.1) is 0 Å². The minimum atomic E-state index is 0.466. The van der Waals surface area contributed by atoms with Crippen LogP contribution in [0.2, 0.25) is 0 Å². The lowest BCUT2D eigenvalue weighted by molar-refractivity contribution is 0.940. The van der Waals surface area contributed by atoms with Gasteiger partial charge in [0, 0.05) is 17.8 Å². The van der Waals surface area contributed by atoms with Crippen LogP contribution in [0.1, 0.15) is 17.0 Å². The molecule has 0 radical (unpaired) electrons. The number of aromatic amines is 1. The standard InChI is InChI=1S/C12H15N3/c1-8-5-3-4-6-10(8)12-9(2)14-15-11(12)7-13/h3-6H,7,13H2,1-2H3,(H,14,15). The van der Waals surface area contributed by atoms with Crippen LogP contribution < -0.4 is 5.73 Å². The Morgan fingerprint density at radius 2 is 2.00 bits per heavy atom. The van der Waals surface area contributed by atoms with E-state index in [9.17, 15) is 0 Å². The Hall–Kier alpha value is -1.61. The monoisotopic (exact) mass is 201 g/mol. The van der Waals surface area contributed by atoms with Crippen LogP contribution in [0.25, 0.3) is 11.1 Å². The molecule has 2 rings (SSSR count). The molecule has 0 bridgehead atoms. The van der Waals surface area contributed by atoms with Crippen molar-refractivity contribution in [2.75, 3.05) is 0 Å². The van der Waals surface area contributed by atoms with Crippen molar-refractivity contribution < 1.29 is 0 Å². The van der Waals surface area contributed by atoms with Gasteiger partial charge in [0.25, 0.3) is 0 Å². The lowest BCUT2D eigenvalue weighted by Crippen LogP contribution is -1.99. The van der Waals surface area contributed by atoms with Gasteiger partial charge in [-0.1, -0.05) is 24.3 Å². The molecule has 0 saturated heterocycles. The Bertz CT molecular complexity index is 471. The number of hydrogen-bond donors (Lipinski definition) is 2. The first-order valence-corrected chi connectivity index (χ1v) is 5.04. The summed E-state index contributed by atoms with van der Waals surface area (Å²) in [6.07, 6.45) is 0. The average Bonchev–Trinajstić information content (AvgIpc) is 2.60. The van der Waals surface area contributed by atoms with Crippen LogP contribution in [0.3, 0.4) is 0 Å². The van der Waals surface area contributed by atoms with E-state index in [2.05, 4.69) is 29.3 Å². The Labute approximate surface area is 89.3 Å². The molecule has 78 valence electrons. The van der Waals surface area contributed by atoms with Crippen molar-refractivity contribution in [1.82, 2.24) is 10.2 Å². The van der Waals surface area contributed by atoms with Crippen molar-refractivity contribution in [2.45, 2.75) is 20.4 Å². The maximum Gasteiger partial charge on any atom is 0.0838 e. The minimum Gasteiger partial charge on any atom is -0.325 e. The molecular weight excluding hydrogens is 186 g/mol. The minimum absolute atomic E-state index is 0.466. The first kappa shape index (κ1) is 9.93. The molecule has 0 atom stereocenters. The quantitative estimate of drug-likeness (QED) is 0.782. The summed E-state index contributed by atoms with van der Waals surface area (Å²) in [5.74, 6) is 0. The first-order valence-electron chi connectivity index (χ1n) is 5.04. The number of aromatic nitrogens is 2. The number of rotatable bonds is 2. The van der Waals surface area contributed by atoms with Crippen LogP contribution >= 0.6 is 0 Å². The van der Waals surface area contributed by atoms with Gasteiger partial charge < -0.3 is 5.73 Å². The summed E-state index contributed by atoms with van der Waals surface area (Å²) in [7, 11) is 0. The summed E-state index contributed by atoms with van der Waals surface area (Å²) in [6.45, 7) is 4.59. The third kappa shape index (κ3) is 1.66. The molecule has 3 nitrogen and oxygen atoms in total. The van der Waals surface area contributed by atoms with Crippen LogP contribution in [0.5, 0.6) is 0 Å². The highest BCUT2D eigenvalue weighted by atomic mass is 15.1. The van der Waals surface area contributed by atoms with Gasteiger partial charge in [-0.25, -0.2) is 0 Å². The summed E-state index contributed by atoms with van der Waals surface area (Å²) in [6, 6.07) is 8.28. The zero-order valence-corrected chi connectivity index (χ0v) is 9.04. The maximum atomic E-state index is 5.67. The van der Waals surface area contributed by atoms with Crippen LogP contribution in [0.4, 0.5) is 0 Å². The third-order valence-electron chi connectivity index (χ3n) is 2.63. The molecule has 1 heterocycles. The number of nitrogens with two attached hydrogens (primary N) is 1. The summed E-state index contributed by atoms with van der Waals surface area (Å²) in [5, 5.41) is 7.19. The van der Waals surface area contributed by atoms with Crippen LogP contribution in [-0.4, -0.2) is 10.2 Å². The Morgan fingerprint density at radius 3 is 2.67 bits per heavy atom. The van der Waals surface area contributed by atoms with Gasteiger partial charge in [0.15, 0.2) is 0 Å². The number of aryl methyl sites for hydroxylation is 2. The fourth-order valence-electron chi connectivity index (χ4n) is 1.84. The highest BCUT2D eigenvalue weighted by Gasteiger charge is 2.12. The molecule has 0 unspecified atom stereocenters. The van der Waals surface area contributed by atoms with E-state index < -0.39 is 0 Å². The van der Waals surface area contributed by atoms with Gasteiger partial charge in [-0.3, -0.25) is 5.10 Å². The maximum absolute atomic E-state index is 5.67. The lowest BCUT2D eigenvalue weighted by atomic mass is 9.99. The largest absolute Gasteiger partial charge is 0.325 e. The molecule has 0 spiro atoms.